The number of esters is 2. The summed E-state index contributed by atoms with van der Waals surface area (Å²) < 4.78 is 17.0. The second kappa shape index (κ2) is 34.1. The largest absolute Gasteiger partial charge is 0.463 e. The van der Waals surface area contributed by atoms with Crippen molar-refractivity contribution in [3.8, 4) is 0 Å². The van der Waals surface area contributed by atoms with Gasteiger partial charge in [-0.15, -0.1) is 0 Å². The summed E-state index contributed by atoms with van der Waals surface area (Å²) in [6.07, 6.45) is 34.1. The lowest BCUT2D eigenvalue weighted by atomic mass is 10.1. The average molecular weight is 595 g/mol. The van der Waals surface area contributed by atoms with Gasteiger partial charge in [0.2, 0.25) is 0 Å². The van der Waals surface area contributed by atoms with E-state index in [0.717, 1.165) is 38.5 Å². The van der Waals surface area contributed by atoms with Gasteiger partial charge in [-0.3, -0.25) is 9.59 Å². The highest BCUT2D eigenvalue weighted by Gasteiger charge is 2.15. The SMILES string of the molecule is CCCCCCCC/C=C\CCCCCCCCOC(COC(=O)CCCCCCC)COC(=O)CCCCCCC. The molecule has 0 amide bonds. The Kier molecular flexibility index (Phi) is 33.0. The molecule has 248 valence electrons. The van der Waals surface area contributed by atoms with Gasteiger partial charge in [-0.05, 0) is 44.9 Å². The molecule has 0 unspecified atom stereocenters. The fourth-order valence-electron chi connectivity index (χ4n) is 5.01. The number of allylic oxidation sites excluding steroid dienone is 2. The van der Waals surface area contributed by atoms with E-state index in [1.807, 2.05) is 0 Å². The number of hydrogen-bond donors (Lipinski definition) is 0. The van der Waals surface area contributed by atoms with Crippen molar-refractivity contribution >= 4 is 11.9 Å². The van der Waals surface area contributed by atoms with Crippen LogP contribution in [0, 0.1) is 0 Å². The molecule has 0 fully saturated rings. The molecule has 0 aromatic carbocycles. The van der Waals surface area contributed by atoms with Gasteiger partial charge >= 0.3 is 11.9 Å². The predicted molar refractivity (Wildman–Crippen MR) is 178 cm³/mol. The molecular weight excluding hydrogens is 524 g/mol. The fourth-order valence-corrected chi connectivity index (χ4v) is 5.01. The highest BCUT2D eigenvalue weighted by atomic mass is 16.6. The molecule has 0 aromatic heterocycles. The van der Waals surface area contributed by atoms with Crippen molar-refractivity contribution in [3.05, 3.63) is 12.2 Å². The van der Waals surface area contributed by atoms with E-state index < -0.39 is 0 Å². The maximum atomic E-state index is 12.2. The smallest absolute Gasteiger partial charge is 0.305 e. The third-order valence-electron chi connectivity index (χ3n) is 7.84. The molecule has 0 atom stereocenters. The van der Waals surface area contributed by atoms with Crippen LogP contribution >= 0.6 is 0 Å². The number of rotatable bonds is 33. The molecule has 0 aliphatic rings. The topological polar surface area (TPSA) is 61.8 Å². The van der Waals surface area contributed by atoms with Gasteiger partial charge in [-0.25, -0.2) is 0 Å². The zero-order chi connectivity index (χ0) is 30.8. The summed E-state index contributed by atoms with van der Waals surface area (Å²) in [5.41, 5.74) is 0. The molecule has 5 heteroatoms. The Morgan fingerprint density at radius 2 is 0.833 bits per heavy atom. The van der Waals surface area contributed by atoms with Crippen LogP contribution in [0.2, 0.25) is 0 Å². The van der Waals surface area contributed by atoms with Crippen LogP contribution in [0.4, 0.5) is 0 Å². The molecule has 0 aliphatic carbocycles. The first-order valence-corrected chi connectivity index (χ1v) is 18.2. The normalized spacial score (nSPS) is 11.5. The van der Waals surface area contributed by atoms with E-state index in [0.29, 0.717) is 19.4 Å². The van der Waals surface area contributed by atoms with Gasteiger partial charge < -0.3 is 14.2 Å². The molecule has 0 radical (unpaired) electrons. The number of ether oxygens (including phenoxy) is 3. The van der Waals surface area contributed by atoms with Gasteiger partial charge in [0.15, 0.2) is 0 Å². The molecule has 0 N–H and O–H groups in total. The second-order valence-corrected chi connectivity index (χ2v) is 12.1. The van der Waals surface area contributed by atoms with Crippen LogP contribution < -0.4 is 0 Å². The Balaban J connectivity index is 4.04. The highest BCUT2D eigenvalue weighted by Crippen LogP contribution is 2.12. The van der Waals surface area contributed by atoms with Crippen LogP contribution in [-0.2, 0) is 23.8 Å². The minimum absolute atomic E-state index is 0.157. The average Bonchev–Trinajstić information content (AvgIpc) is 2.99. The van der Waals surface area contributed by atoms with E-state index in [4.69, 9.17) is 14.2 Å². The Hall–Kier alpha value is -1.36. The Morgan fingerprint density at radius 3 is 1.26 bits per heavy atom. The van der Waals surface area contributed by atoms with E-state index in [-0.39, 0.29) is 31.3 Å². The monoisotopic (exact) mass is 595 g/mol. The second-order valence-electron chi connectivity index (χ2n) is 12.1. The molecule has 0 saturated carbocycles. The van der Waals surface area contributed by atoms with Crippen molar-refractivity contribution < 1.29 is 23.8 Å². The summed E-state index contributed by atoms with van der Waals surface area (Å²) >= 11 is 0. The molecule has 0 heterocycles. The zero-order valence-corrected chi connectivity index (χ0v) is 28.3. The summed E-state index contributed by atoms with van der Waals surface area (Å²) in [4.78, 5) is 24.4. The quantitative estimate of drug-likeness (QED) is 0.0429. The molecule has 42 heavy (non-hydrogen) atoms. The first-order chi connectivity index (χ1) is 20.6. The van der Waals surface area contributed by atoms with E-state index in [2.05, 4.69) is 32.9 Å². The summed E-state index contributed by atoms with van der Waals surface area (Å²) in [5.74, 6) is -0.362. The Morgan fingerprint density at radius 1 is 0.476 bits per heavy atom. The number of carbonyl (C=O) groups excluding carboxylic acids is 2. The zero-order valence-electron chi connectivity index (χ0n) is 28.3. The van der Waals surface area contributed by atoms with E-state index in [9.17, 15) is 9.59 Å². The van der Waals surface area contributed by atoms with E-state index >= 15 is 0 Å². The minimum atomic E-state index is -0.388. The first kappa shape index (κ1) is 40.6. The molecule has 0 aliphatic heterocycles. The van der Waals surface area contributed by atoms with Crippen molar-refractivity contribution in [1.82, 2.24) is 0 Å². The van der Waals surface area contributed by atoms with E-state index in [1.165, 1.54) is 116 Å². The van der Waals surface area contributed by atoms with Gasteiger partial charge in [0.1, 0.15) is 19.3 Å². The van der Waals surface area contributed by atoms with Crippen LogP contribution in [0.1, 0.15) is 188 Å². The van der Waals surface area contributed by atoms with Gasteiger partial charge in [0.05, 0.1) is 0 Å². The lowest BCUT2D eigenvalue weighted by Crippen LogP contribution is -2.29. The molecule has 0 spiro atoms. The summed E-state index contributed by atoms with van der Waals surface area (Å²) in [5, 5.41) is 0. The maximum absolute atomic E-state index is 12.2. The van der Waals surface area contributed by atoms with Crippen molar-refractivity contribution in [2.45, 2.75) is 194 Å². The third-order valence-corrected chi connectivity index (χ3v) is 7.84. The van der Waals surface area contributed by atoms with Crippen LogP contribution in [0.5, 0.6) is 0 Å². The highest BCUT2D eigenvalue weighted by molar-refractivity contribution is 5.69. The molecule has 0 rings (SSSR count). The molecule has 0 bridgehead atoms. The van der Waals surface area contributed by atoms with Crippen LogP contribution in [0.15, 0.2) is 12.2 Å². The minimum Gasteiger partial charge on any atom is -0.463 e. The van der Waals surface area contributed by atoms with Crippen molar-refractivity contribution in [1.29, 1.82) is 0 Å². The van der Waals surface area contributed by atoms with Gasteiger partial charge in [0.25, 0.3) is 0 Å². The van der Waals surface area contributed by atoms with Crippen molar-refractivity contribution in [2.75, 3.05) is 19.8 Å². The predicted octanol–water partition coefficient (Wildman–Crippen LogP) is 11.2. The Labute approximate surface area is 261 Å². The van der Waals surface area contributed by atoms with Gasteiger partial charge in [0, 0.05) is 19.4 Å². The number of unbranched alkanes of at least 4 members (excludes halogenated alkanes) is 20. The molecule has 0 saturated heterocycles. The van der Waals surface area contributed by atoms with Crippen molar-refractivity contribution in [3.63, 3.8) is 0 Å². The lowest BCUT2D eigenvalue weighted by Gasteiger charge is -2.18. The summed E-state index contributed by atoms with van der Waals surface area (Å²) in [6, 6.07) is 0. The molecular formula is C37H70O5. The standard InChI is InChI=1S/C37H70O5/c1-4-7-10-13-14-15-16-17-18-19-20-21-22-23-26-29-32-40-35(33-41-36(38)30-27-24-11-8-5-2)34-42-37(39)31-28-25-12-9-6-3/h17-18,35H,4-16,19-34H2,1-3H3/b18-17-. The number of hydrogen-bond acceptors (Lipinski definition) is 5. The molecule has 0 aromatic rings. The fraction of sp³-hybridized carbons (Fsp3) is 0.892. The van der Waals surface area contributed by atoms with Gasteiger partial charge in [-0.2, -0.15) is 0 Å². The lowest BCUT2D eigenvalue weighted by molar-refractivity contribution is -0.155. The number of carbonyl (C=O) groups is 2. The van der Waals surface area contributed by atoms with E-state index in [1.54, 1.807) is 0 Å². The van der Waals surface area contributed by atoms with Crippen LogP contribution in [0.3, 0.4) is 0 Å². The van der Waals surface area contributed by atoms with Crippen LogP contribution in [0.25, 0.3) is 0 Å². The van der Waals surface area contributed by atoms with Crippen LogP contribution in [-0.4, -0.2) is 37.9 Å². The molecule has 5 nitrogen and oxygen atoms in total. The maximum Gasteiger partial charge on any atom is 0.305 e. The van der Waals surface area contributed by atoms with Gasteiger partial charge in [-0.1, -0.05) is 142 Å². The summed E-state index contributed by atoms with van der Waals surface area (Å²) in [7, 11) is 0. The Bertz CT molecular complexity index is 573. The third kappa shape index (κ3) is 31.6. The van der Waals surface area contributed by atoms with Crippen molar-refractivity contribution in [2.24, 2.45) is 0 Å². The summed E-state index contributed by atoms with van der Waals surface area (Å²) in [6.45, 7) is 7.56. The first-order valence-electron chi connectivity index (χ1n) is 18.2.